The summed E-state index contributed by atoms with van der Waals surface area (Å²) in [6.45, 7) is 5.92. The van der Waals surface area contributed by atoms with Crippen LogP contribution in [-0.2, 0) is 0 Å². The summed E-state index contributed by atoms with van der Waals surface area (Å²) in [5.41, 5.74) is 2.56. The van der Waals surface area contributed by atoms with Crippen LogP contribution >= 0.6 is 0 Å². The zero-order chi connectivity index (χ0) is 13.6. The molecule has 1 saturated carbocycles. The van der Waals surface area contributed by atoms with Crippen molar-refractivity contribution in [1.29, 1.82) is 0 Å². The molecule has 0 spiro atoms. The summed E-state index contributed by atoms with van der Waals surface area (Å²) in [6.07, 6.45) is 10.3. The Labute approximate surface area is 112 Å². The second-order valence-electron chi connectivity index (χ2n) is 5.20. The molecule has 4 nitrogen and oxygen atoms in total. The molecule has 3 rings (SSSR count). The molecule has 1 radical (unpaired) electrons. The molecule has 2 aromatic rings. The number of rotatable bonds is 1. The van der Waals surface area contributed by atoms with E-state index in [0.717, 1.165) is 28.7 Å². The van der Waals surface area contributed by atoms with Gasteiger partial charge in [-0.2, -0.15) is 0 Å². The first-order chi connectivity index (χ1) is 9.11. The van der Waals surface area contributed by atoms with Crippen LogP contribution in [-0.4, -0.2) is 25.7 Å². The van der Waals surface area contributed by atoms with Crippen molar-refractivity contribution in [1.82, 2.24) is 14.5 Å². The lowest BCUT2D eigenvalue weighted by molar-refractivity contribution is 0.149. The molecule has 1 aliphatic carbocycles. The molecule has 0 amide bonds. The Morgan fingerprint density at radius 3 is 2.89 bits per heavy atom. The minimum Gasteiger partial charge on any atom is -0.393 e. The topological polar surface area (TPSA) is 50.9 Å². The molecule has 0 unspecified atom stereocenters. The van der Waals surface area contributed by atoms with Crippen molar-refractivity contribution in [2.24, 2.45) is 5.92 Å². The molecule has 2 aromatic heterocycles. The molecule has 2 heterocycles. The Kier molecular flexibility index (Phi) is 2.79. The van der Waals surface area contributed by atoms with E-state index in [4.69, 9.17) is 6.42 Å². The third-order valence-electron chi connectivity index (χ3n) is 3.98. The highest BCUT2D eigenvalue weighted by molar-refractivity contribution is 5.85. The number of aromatic nitrogens is 3. The lowest BCUT2D eigenvalue weighted by Crippen LogP contribution is -2.09. The van der Waals surface area contributed by atoms with E-state index in [9.17, 15) is 5.11 Å². The molecule has 1 aliphatic rings. The van der Waals surface area contributed by atoms with Crippen LogP contribution in [0.1, 0.15) is 30.1 Å². The van der Waals surface area contributed by atoms with Gasteiger partial charge in [0, 0.05) is 12.2 Å². The lowest BCUT2D eigenvalue weighted by atomic mass is 10.1. The Morgan fingerprint density at radius 2 is 2.26 bits per heavy atom. The third-order valence-corrected chi connectivity index (χ3v) is 3.98. The highest BCUT2D eigenvalue weighted by Crippen LogP contribution is 2.37. The SMILES string of the molecule is C#Cc1cn([C@@H]2C[C@H]([CH2])[C@@H](O)C2)c2ncnc(C)c12. The van der Waals surface area contributed by atoms with E-state index < -0.39 is 0 Å². The summed E-state index contributed by atoms with van der Waals surface area (Å²) in [7, 11) is 0. The van der Waals surface area contributed by atoms with Crippen molar-refractivity contribution in [3.05, 3.63) is 30.7 Å². The van der Waals surface area contributed by atoms with Crippen molar-refractivity contribution >= 4 is 11.0 Å². The van der Waals surface area contributed by atoms with Gasteiger partial charge in [-0.05, 0) is 32.6 Å². The fourth-order valence-corrected chi connectivity index (χ4v) is 2.93. The fourth-order valence-electron chi connectivity index (χ4n) is 2.93. The van der Waals surface area contributed by atoms with Crippen molar-refractivity contribution in [2.75, 3.05) is 0 Å². The maximum absolute atomic E-state index is 9.87. The third kappa shape index (κ3) is 1.82. The van der Waals surface area contributed by atoms with E-state index in [1.165, 1.54) is 0 Å². The summed E-state index contributed by atoms with van der Waals surface area (Å²) in [4.78, 5) is 8.56. The molecule has 1 N–H and O–H groups in total. The van der Waals surface area contributed by atoms with Gasteiger partial charge in [0.15, 0.2) is 0 Å². The van der Waals surface area contributed by atoms with Gasteiger partial charge in [0.05, 0.1) is 22.7 Å². The average Bonchev–Trinajstić information content (AvgIpc) is 2.92. The second-order valence-corrected chi connectivity index (χ2v) is 5.20. The molecule has 0 bridgehead atoms. The van der Waals surface area contributed by atoms with Crippen molar-refractivity contribution < 1.29 is 5.11 Å². The molecule has 0 aromatic carbocycles. The Morgan fingerprint density at radius 1 is 1.47 bits per heavy atom. The van der Waals surface area contributed by atoms with Crippen molar-refractivity contribution in [3.8, 4) is 12.3 Å². The van der Waals surface area contributed by atoms with Gasteiger partial charge in [-0.15, -0.1) is 6.42 Å². The summed E-state index contributed by atoms with van der Waals surface area (Å²) < 4.78 is 2.08. The molecule has 1 fully saturated rings. The average molecular weight is 254 g/mol. The van der Waals surface area contributed by atoms with Gasteiger partial charge in [0.25, 0.3) is 0 Å². The van der Waals surface area contributed by atoms with E-state index >= 15 is 0 Å². The number of hydrogen-bond donors (Lipinski definition) is 1. The molecular weight excluding hydrogens is 238 g/mol. The van der Waals surface area contributed by atoms with Crippen LogP contribution in [0.2, 0.25) is 0 Å². The maximum Gasteiger partial charge on any atom is 0.145 e. The first-order valence-corrected chi connectivity index (χ1v) is 6.41. The predicted octanol–water partition coefficient (Wildman–Crippen LogP) is 1.87. The van der Waals surface area contributed by atoms with Gasteiger partial charge in [0.2, 0.25) is 0 Å². The minimum atomic E-state index is -0.348. The maximum atomic E-state index is 9.87. The number of terminal acetylenes is 1. The van der Waals surface area contributed by atoms with E-state index in [-0.39, 0.29) is 18.1 Å². The van der Waals surface area contributed by atoms with Crippen molar-refractivity contribution in [2.45, 2.75) is 31.9 Å². The normalized spacial score (nSPS) is 26.7. The smallest absolute Gasteiger partial charge is 0.145 e. The molecular formula is C15H16N3O. The molecule has 3 atom stereocenters. The van der Waals surface area contributed by atoms with Crippen LogP contribution in [0.15, 0.2) is 12.5 Å². The van der Waals surface area contributed by atoms with Crippen LogP contribution in [0.25, 0.3) is 11.0 Å². The lowest BCUT2D eigenvalue weighted by Gasteiger charge is -2.12. The summed E-state index contributed by atoms with van der Waals surface area (Å²) >= 11 is 0. The minimum absolute atomic E-state index is 0.0691. The Bertz CT molecular complexity index is 658. The van der Waals surface area contributed by atoms with Gasteiger partial charge in [-0.3, -0.25) is 0 Å². The zero-order valence-corrected chi connectivity index (χ0v) is 10.9. The number of aliphatic hydroxyl groups is 1. The fraction of sp³-hybridized carbons (Fsp3) is 0.400. The number of fused-ring (bicyclic) bond motifs is 1. The summed E-state index contributed by atoms with van der Waals surface area (Å²) in [6, 6.07) is 0.205. The molecule has 97 valence electrons. The van der Waals surface area contributed by atoms with Gasteiger partial charge < -0.3 is 9.67 Å². The summed E-state index contributed by atoms with van der Waals surface area (Å²) in [5, 5.41) is 10.8. The van der Waals surface area contributed by atoms with E-state index in [0.29, 0.717) is 6.42 Å². The van der Waals surface area contributed by atoms with Crippen LogP contribution < -0.4 is 0 Å². The van der Waals surface area contributed by atoms with Crippen molar-refractivity contribution in [3.63, 3.8) is 0 Å². The van der Waals surface area contributed by atoms with Crippen LogP contribution in [0.3, 0.4) is 0 Å². The Hall–Kier alpha value is -1.86. The standard InChI is InChI=1S/C15H16N3O/c1-4-11-7-18(12-5-9(2)13(19)6-12)15-14(11)10(3)16-8-17-15/h1,7-9,12-13,19H,2,5-6H2,3H3/t9-,12+,13-/m0/s1. The second kappa shape index (κ2) is 4.36. The van der Waals surface area contributed by atoms with Crippen LogP contribution in [0.5, 0.6) is 0 Å². The number of aliphatic hydroxyl groups excluding tert-OH is 1. The molecule has 19 heavy (non-hydrogen) atoms. The number of nitrogens with zero attached hydrogens (tertiary/aromatic N) is 3. The van der Waals surface area contributed by atoms with E-state index in [1.807, 2.05) is 13.1 Å². The number of hydrogen-bond acceptors (Lipinski definition) is 3. The number of aryl methyl sites for hydroxylation is 1. The quantitative estimate of drug-likeness (QED) is 0.790. The first kappa shape index (κ1) is 12.2. The highest BCUT2D eigenvalue weighted by Gasteiger charge is 2.32. The predicted molar refractivity (Wildman–Crippen MR) is 73.3 cm³/mol. The molecule has 4 heteroatoms. The first-order valence-electron chi connectivity index (χ1n) is 6.41. The van der Waals surface area contributed by atoms with Gasteiger partial charge in [-0.1, -0.05) is 5.92 Å². The van der Waals surface area contributed by atoms with E-state index in [1.54, 1.807) is 6.33 Å². The largest absolute Gasteiger partial charge is 0.393 e. The van der Waals surface area contributed by atoms with E-state index in [2.05, 4.69) is 27.4 Å². The van der Waals surface area contributed by atoms with Gasteiger partial charge >= 0.3 is 0 Å². The molecule has 0 aliphatic heterocycles. The van der Waals surface area contributed by atoms with Gasteiger partial charge in [0.1, 0.15) is 12.0 Å². The summed E-state index contributed by atoms with van der Waals surface area (Å²) in [5.74, 6) is 2.77. The van der Waals surface area contributed by atoms with Gasteiger partial charge in [-0.25, -0.2) is 9.97 Å². The zero-order valence-electron chi connectivity index (χ0n) is 10.9. The van der Waals surface area contributed by atoms with Crippen LogP contribution in [0, 0.1) is 32.1 Å². The molecule has 0 saturated heterocycles. The van der Waals surface area contributed by atoms with Crippen LogP contribution in [0.4, 0.5) is 0 Å². The Balaban J connectivity index is 2.16. The monoisotopic (exact) mass is 254 g/mol. The highest BCUT2D eigenvalue weighted by atomic mass is 16.3.